The highest BCUT2D eigenvalue weighted by molar-refractivity contribution is 7.92. The number of sulfonamides is 1. The minimum absolute atomic E-state index is 0.0774. The lowest BCUT2D eigenvalue weighted by Crippen LogP contribution is -2.46. The molecule has 2 aromatic rings. The number of hydrogen-bond donors (Lipinski definition) is 2. The Morgan fingerprint density at radius 2 is 1.81 bits per heavy atom. The third kappa shape index (κ3) is 4.82. The van der Waals surface area contributed by atoms with E-state index in [1.807, 2.05) is 0 Å². The van der Waals surface area contributed by atoms with Gasteiger partial charge in [0.25, 0.3) is 15.9 Å². The van der Waals surface area contributed by atoms with E-state index in [4.69, 9.17) is 4.74 Å². The number of amides is 2. The lowest BCUT2D eigenvalue weighted by Gasteiger charge is -2.24. The van der Waals surface area contributed by atoms with Crippen molar-refractivity contribution in [3.63, 3.8) is 0 Å². The number of methoxy groups -OCH3 is 1. The van der Waals surface area contributed by atoms with Crippen LogP contribution in [0.15, 0.2) is 53.4 Å². The topological polar surface area (TPSA) is 105 Å². The average Bonchev–Trinajstić information content (AvgIpc) is 3.44. The summed E-state index contributed by atoms with van der Waals surface area (Å²) in [5.74, 6) is 0.126. The number of ether oxygens (including phenoxy) is 1. The van der Waals surface area contributed by atoms with Crippen molar-refractivity contribution >= 4 is 27.5 Å². The van der Waals surface area contributed by atoms with E-state index in [9.17, 15) is 18.0 Å². The highest BCUT2D eigenvalue weighted by atomic mass is 32.2. The summed E-state index contributed by atoms with van der Waals surface area (Å²) in [6, 6.07) is 12.2. The highest BCUT2D eigenvalue weighted by Gasteiger charge is 2.36. The molecular formula is C22H25N3O5S. The van der Waals surface area contributed by atoms with Gasteiger partial charge < -0.3 is 15.0 Å². The lowest BCUT2D eigenvalue weighted by molar-refractivity contribution is -0.125. The molecule has 1 unspecified atom stereocenters. The van der Waals surface area contributed by atoms with Crippen molar-refractivity contribution in [3.8, 4) is 5.75 Å². The molecule has 2 aromatic carbocycles. The Morgan fingerprint density at radius 1 is 1.06 bits per heavy atom. The quantitative estimate of drug-likeness (QED) is 0.684. The predicted molar refractivity (Wildman–Crippen MR) is 115 cm³/mol. The molecule has 1 heterocycles. The van der Waals surface area contributed by atoms with E-state index in [-0.39, 0.29) is 22.8 Å². The maximum atomic E-state index is 12.9. The minimum atomic E-state index is -3.80. The van der Waals surface area contributed by atoms with Crippen molar-refractivity contribution < 1.29 is 22.7 Å². The van der Waals surface area contributed by atoms with Gasteiger partial charge >= 0.3 is 0 Å². The molecule has 0 radical (unpaired) electrons. The Labute approximate surface area is 181 Å². The van der Waals surface area contributed by atoms with Crippen LogP contribution in [0.1, 0.15) is 36.0 Å². The molecule has 1 atom stereocenters. The second-order valence-corrected chi connectivity index (χ2v) is 9.48. The molecule has 9 heteroatoms. The first-order chi connectivity index (χ1) is 14.9. The summed E-state index contributed by atoms with van der Waals surface area (Å²) in [6.07, 6.45) is 3.44. The molecule has 0 aromatic heterocycles. The van der Waals surface area contributed by atoms with E-state index in [0.29, 0.717) is 30.0 Å². The molecule has 0 bridgehead atoms. The molecule has 164 valence electrons. The summed E-state index contributed by atoms with van der Waals surface area (Å²) in [4.78, 5) is 27.1. The summed E-state index contributed by atoms with van der Waals surface area (Å²) in [5.41, 5.74) is 0.749. The van der Waals surface area contributed by atoms with Crippen LogP contribution in [0, 0.1) is 0 Å². The summed E-state index contributed by atoms with van der Waals surface area (Å²) >= 11 is 0. The lowest BCUT2D eigenvalue weighted by atomic mass is 10.1. The van der Waals surface area contributed by atoms with Crippen molar-refractivity contribution in [2.75, 3.05) is 18.4 Å². The fourth-order valence-corrected chi connectivity index (χ4v) is 4.73. The Hall–Kier alpha value is -3.07. The number of anilines is 1. The number of rotatable bonds is 7. The van der Waals surface area contributed by atoms with Crippen LogP contribution in [0.3, 0.4) is 0 Å². The summed E-state index contributed by atoms with van der Waals surface area (Å²) in [7, 11) is -2.33. The molecule has 2 amide bonds. The monoisotopic (exact) mass is 443 g/mol. The molecule has 0 spiro atoms. The van der Waals surface area contributed by atoms with Crippen molar-refractivity contribution in [3.05, 3.63) is 54.1 Å². The molecule has 1 aliphatic heterocycles. The van der Waals surface area contributed by atoms with Crippen molar-refractivity contribution in [1.82, 2.24) is 10.2 Å². The van der Waals surface area contributed by atoms with Crippen LogP contribution in [0.5, 0.6) is 5.75 Å². The van der Waals surface area contributed by atoms with Crippen LogP contribution in [0.2, 0.25) is 0 Å². The highest BCUT2D eigenvalue weighted by Crippen LogP contribution is 2.25. The fourth-order valence-electron chi connectivity index (χ4n) is 3.64. The Bertz CT molecular complexity index is 1080. The van der Waals surface area contributed by atoms with E-state index in [0.717, 1.165) is 19.3 Å². The van der Waals surface area contributed by atoms with Crippen molar-refractivity contribution in [2.45, 2.75) is 42.7 Å². The molecule has 2 fully saturated rings. The standard InChI is InChI=1S/C22H25N3O5S/c1-30-18-4-2-5-19(14-18)31(28,29)24-17-9-7-15(8-10-17)22(27)25-13-3-6-20(25)21(26)23-16-11-12-16/h2,4-5,7-10,14,16,20,24H,3,6,11-13H2,1H3,(H,23,26). The second kappa shape index (κ2) is 8.58. The number of carbonyl (C=O) groups excluding carboxylic acids is 2. The predicted octanol–water partition coefficient (Wildman–Crippen LogP) is 2.38. The van der Waals surface area contributed by atoms with Gasteiger partial charge in [0.1, 0.15) is 11.8 Å². The number of benzene rings is 2. The molecule has 1 saturated heterocycles. The molecule has 4 rings (SSSR count). The van der Waals surface area contributed by atoms with Gasteiger partial charge in [0.2, 0.25) is 5.91 Å². The van der Waals surface area contributed by atoms with Crippen LogP contribution < -0.4 is 14.8 Å². The maximum absolute atomic E-state index is 12.9. The SMILES string of the molecule is COc1cccc(S(=O)(=O)Nc2ccc(C(=O)N3CCCC3C(=O)NC3CC3)cc2)c1. The number of hydrogen-bond acceptors (Lipinski definition) is 5. The van der Waals surface area contributed by atoms with E-state index in [2.05, 4.69) is 10.0 Å². The minimum Gasteiger partial charge on any atom is -0.497 e. The van der Waals surface area contributed by atoms with Gasteiger partial charge in [-0.15, -0.1) is 0 Å². The summed E-state index contributed by atoms with van der Waals surface area (Å²) in [6.45, 7) is 0.534. The number of likely N-dealkylation sites (tertiary alicyclic amines) is 1. The van der Waals surface area contributed by atoms with Crippen LogP contribution in [-0.2, 0) is 14.8 Å². The Balaban J connectivity index is 1.44. The molecule has 8 nitrogen and oxygen atoms in total. The van der Waals surface area contributed by atoms with Crippen molar-refractivity contribution in [2.24, 2.45) is 0 Å². The average molecular weight is 444 g/mol. The smallest absolute Gasteiger partial charge is 0.262 e. The number of nitrogens with one attached hydrogen (secondary N) is 2. The molecule has 31 heavy (non-hydrogen) atoms. The normalized spacial score (nSPS) is 18.5. The Morgan fingerprint density at radius 3 is 2.48 bits per heavy atom. The van der Waals surface area contributed by atoms with Crippen LogP contribution >= 0.6 is 0 Å². The van der Waals surface area contributed by atoms with Gasteiger partial charge in [0.05, 0.1) is 12.0 Å². The van der Waals surface area contributed by atoms with E-state index >= 15 is 0 Å². The first-order valence-electron chi connectivity index (χ1n) is 10.3. The van der Waals surface area contributed by atoms with Crippen LogP contribution in [0.25, 0.3) is 0 Å². The summed E-state index contributed by atoms with van der Waals surface area (Å²) in [5, 5.41) is 2.97. The van der Waals surface area contributed by atoms with Gasteiger partial charge in [0.15, 0.2) is 0 Å². The first kappa shape index (κ1) is 21.2. The molecular weight excluding hydrogens is 418 g/mol. The molecule has 1 aliphatic carbocycles. The van der Waals surface area contributed by atoms with Gasteiger partial charge in [-0.3, -0.25) is 14.3 Å². The molecule has 1 saturated carbocycles. The largest absolute Gasteiger partial charge is 0.497 e. The zero-order chi connectivity index (χ0) is 22.0. The van der Waals surface area contributed by atoms with E-state index in [1.54, 1.807) is 41.3 Å². The first-order valence-corrected chi connectivity index (χ1v) is 11.7. The third-order valence-electron chi connectivity index (χ3n) is 5.48. The van der Waals surface area contributed by atoms with Crippen LogP contribution in [0.4, 0.5) is 5.69 Å². The van der Waals surface area contributed by atoms with E-state index < -0.39 is 16.1 Å². The zero-order valence-corrected chi connectivity index (χ0v) is 18.0. The second-order valence-electron chi connectivity index (χ2n) is 7.80. The third-order valence-corrected chi connectivity index (χ3v) is 6.85. The molecule has 2 N–H and O–H groups in total. The van der Waals surface area contributed by atoms with Gasteiger partial charge in [-0.25, -0.2) is 8.42 Å². The van der Waals surface area contributed by atoms with Crippen LogP contribution in [-0.4, -0.2) is 50.9 Å². The van der Waals surface area contributed by atoms with Gasteiger partial charge in [0, 0.05) is 29.9 Å². The Kier molecular flexibility index (Phi) is 5.86. The van der Waals surface area contributed by atoms with E-state index in [1.165, 1.54) is 19.2 Å². The number of nitrogens with zero attached hydrogens (tertiary/aromatic N) is 1. The maximum Gasteiger partial charge on any atom is 0.262 e. The zero-order valence-electron chi connectivity index (χ0n) is 17.2. The van der Waals surface area contributed by atoms with Gasteiger partial charge in [-0.1, -0.05) is 6.07 Å². The molecule has 2 aliphatic rings. The number of carbonyl (C=O) groups is 2. The fraction of sp³-hybridized carbons (Fsp3) is 0.364. The summed E-state index contributed by atoms with van der Waals surface area (Å²) < 4.78 is 32.8. The van der Waals surface area contributed by atoms with Gasteiger partial charge in [-0.05, 0) is 62.1 Å². The van der Waals surface area contributed by atoms with Gasteiger partial charge in [-0.2, -0.15) is 0 Å². The van der Waals surface area contributed by atoms with Crippen molar-refractivity contribution in [1.29, 1.82) is 0 Å².